The number of likely N-dealkylation sites (tertiary alicyclic amines) is 1. The molecule has 108 valence electrons. The Morgan fingerprint density at radius 3 is 2.95 bits per heavy atom. The smallest absolute Gasteiger partial charge is 0.231 e. The molecule has 1 fully saturated rings. The average molecular weight is 317 g/mol. The number of hydrogen-bond acceptors (Lipinski definition) is 6. The highest BCUT2D eigenvalue weighted by atomic mass is 32.1. The maximum atomic E-state index is 5.48. The summed E-state index contributed by atoms with van der Waals surface area (Å²) in [4.78, 5) is 9.52. The Labute approximate surface area is 131 Å². The molecule has 4 heterocycles. The van der Waals surface area contributed by atoms with Gasteiger partial charge in [0.05, 0.1) is 10.8 Å². The first-order valence-electron chi connectivity index (χ1n) is 7.01. The van der Waals surface area contributed by atoms with Crippen molar-refractivity contribution in [2.45, 2.75) is 18.9 Å². The van der Waals surface area contributed by atoms with Crippen LogP contribution >= 0.6 is 22.7 Å². The Morgan fingerprint density at radius 2 is 2.14 bits per heavy atom. The molecule has 0 saturated carbocycles. The number of rotatable bonds is 4. The highest BCUT2D eigenvalue weighted by Gasteiger charge is 2.28. The van der Waals surface area contributed by atoms with Crippen LogP contribution in [0.25, 0.3) is 10.7 Å². The number of hydrogen-bond donors (Lipinski definition) is 0. The van der Waals surface area contributed by atoms with Gasteiger partial charge in [-0.3, -0.25) is 4.90 Å². The summed E-state index contributed by atoms with van der Waals surface area (Å²) in [5, 5.41) is 8.28. The summed E-state index contributed by atoms with van der Waals surface area (Å²) in [5.74, 6) is 1.87. The molecule has 6 heteroatoms. The van der Waals surface area contributed by atoms with E-state index in [-0.39, 0.29) is 0 Å². The Kier molecular flexibility index (Phi) is 3.58. The molecule has 0 aliphatic carbocycles. The standard InChI is InChI=1S/C15H15N3OS2/c1-3-12(20-7-1)10-18-6-5-11(9-18)15-16-14(17-19-15)13-4-2-8-21-13/h1-4,7-8,11H,5-6,9-10H2/t11-/m0/s1. The molecule has 1 aliphatic rings. The van der Waals surface area contributed by atoms with Crippen LogP contribution in [0.3, 0.4) is 0 Å². The van der Waals surface area contributed by atoms with Gasteiger partial charge in [-0.05, 0) is 35.9 Å². The molecule has 0 radical (unpaired) electrons. The van der Waals surface area contributed by atoms with E-state index in [1.54, 1.807) is 11.3 Å². The lowest BCUT2D eigenvalue weighted by molar-refractivity contribution is 0.311. The lowest BCUT2D eigenvalue weighted by Crippen LogP contribution is -2.19. The van der Waals surface area contributed by atoms with Gasteiger partial charge < -0.3 is 4.52 Å². The molecule has 4 nitrogen and oxygen atoms in total. The van der Waals surface area contributed by atoms with Gasteiger partial charge in [-0.1, -0.05) is 17.3 Å². The van der Waals surface area contributed by atoms with Crippen molar-refractivity contribution >= 4 is 22.7 Å². The SMILES string of the molecule is c1csc(CN2CC[C@H](c3nc(-c4cccs4)no3)C2)c1. The minimum atomic E-state index is 0.367. The lowest BCUT2D eigenvalue weighted by atomic mass is 10.1. The van der Waals surface area contributed by atoms with E-state index in [9.17, 15) is 0 Å². The lowest BCUT2D eigenvalue weighted by Gasteiger charge is -2.13. The molecule has 4 rings (SSSR count). The van der Waals surface area contributed by atoms with Crippen molar-refractivity contribution in [2.75, 3.05) is 13.1 Å². The van der Waals surface area contributed by atoms with E-state index in [0.717, 1.165) is 42.6 Å². The summed E-state index contributed by atoms with van der Waals surface area (Å²) in [6.45, 7) is 3.13. The molecule has 1 aliphatic heterocycles. The monoisotopic (exact) mass is 317 g/mol. The third-order valence-electron chi connectivity index (χ3n) is 3.76. The van der Waals surface area contributed by atoms with Crippen molar-refractivity contribution in [3.63, 3.8) is 0 Å². The first kappa shape index (κ1) is 13.2. The second kappa shape index (κ2) is 5.71. The van der Waals surface area contributed by atoms with E-state index in [1.165, 1.54) is 4.88 Å². The van der Waals surface area contributed by atoms with Crippen LogP contribution in [0, 0.1) is 0 Å². The molecule has 0 unspecified atom stereocenters. The molecule has 0 aromatic carbocycles. The zero-order valence-electron chi connectivity index (χ0n) is 11.4. The summed E-state index contributed by atoms with van der Waals surface area (Å²) in [7, 11) is 0. The number of nitrogens with zero attached hydrogens (tertiary/aromatic N) is 3. The second-order valence-electron chi connectivity index (χ2n) is 5.23. The van der Waals surface area contributed by atoms with Crippen LogP contribution in [0.15, 0.2) is 39.5 Å². The van der Waals surface area contributed by atoms with Crippen molar-refractivity contribution in [2.24, 2.45) is 0 Å². The van der Waals surface area contributed by atoms with Crippen LogP contribution in [0.2, 0.25) is 0 Å². The number of thiophene rings is 2. The van der Waals surface area contributed by atoms with Gasteiger partial charge in [0.1, 0.15) is 0 Å². The molecule has 3 aromatic heterocycles. The van der Waals surface area contributed by atoms with E-state index in [4.69, 9.17) is 4.52 Å². The normalized spacial score (nSPS) is 19.3. The summed E-state index contributed by atoms with van der Waals surface area (Å²) in [6, 6.07) is 8.34. The van der Waals surface area contributed by atoms with Gasteiger partial charge in [0.25, 0.3) is 0 Å². The van der Waals surface area contributed by atoms with E-state index in [1.807, 2.05) is 28.8 Å². The molecule has 0 N–H and O–H groups in total. The van der Waals surface area contributed by atoms with Crippen molar-refractivity contribution < 1.29 is 4.52 Å². The molecule has 1 atom stereocenters. The fourth-order valence-electron chi connectivity index (χ4n) is 2.71. The zero-order valence-corrected chi connectivity index (χ0v) is 13.1. The largest absolute Gasteiger partial charge is 0.339 e. The van der Waals surface area contributed by atoms with Gasteiger partial charge >= 0.3 is 0 Å². The summed E-state index contributed by atoms with van der Waals surface area (Å²) >= 11 is 3.46. The topological polar surface area (TPSA) is 42.2 Å². The Balaban J connectivity index is 1.43. The van der Waals surface area contributed by atoms with Crippen LogP contribution in [-0.4, -0.2) is 28.1 Å². The van der Waals surface area contributed by atoms with Gasteiger partial charge in [0.2, 0.25) is 11.7 Å². The van der Waals surface area contributed by atoms with Crippen LogP contribution in [0.5, 0.6) is 0 Å². The second-order valence-corrected chi connectivity index (χ2v) is 7.21. The van der Waals surface area contributed by atoms with Crippen molar-refractivity contribution in [1.82, 2.24) is 15.0 Å². The van der Waals surface area contributed by atoms with Crippen LogP contribution < -0.4 is 0 Å². The maximum Gasteiger partial charge on any atom is 0.231 e. The minimum absolute atomic E-state index is 0.367. The van der Waals surface area contributed by atoms with Gasteiger partial charge in [0, 0.05) is 18.0 Å². The molecule has 3 aromatic rings. The van der Waals surface area contributed by atoms with E-state index < -0.39 is 0 Å². The third kappa shape index (κ3) is 2.79. The van der Waals surface area contributed by atoms with Crippen LogP contribution in [0.1, 0.15) is 23.1 Å². The van der Waals surface area contributed by atoms with E-state index >= 15 is 0 Å². The fourth-order valence-corrected chi connectivity index (χ4v) is 4.10. The molecular weight excluding hydrogens is 302 g/mol. The maximum absolute atomic E-state index is 5.48. The van der Waals surface area contributed by atoms with Gasteiger partial charge in [-0.2, -0.15) is 4.98 Å². The van der Waals surface area contributed by atoms with Crippen LogP contribution in [0.4, 0.5) is 0 Å². The minimum Gasteiger partial charge on any atom is -0.339 e. The van der Waals surface area contributed by atoms with Gasteiger partial charge in [0.15, 0.2) is 0 Å². The Morgan fingerprint density at radius 1 is 1.24 bits per heavy atom. The average Bonchev–Trinajstić information content (AvgIpc) is 3.28. The first-order chi connectivity index (χ1) is 10.4. The molecule has 0 spiro atoms. The van der Waals surface area contributed by atoms with Gasteiger partial charge in [-0.15, -0.1) is 22.7 Å². The molecule has 0 amide bonds. The van der Waals surface area contributed by atoms with Gasteiger partial charge in [-0.25, -0.2) is 0 Å². The first-order valence-corrected chi connectivity index (χ1v) is 8.76. The van der Waals surface area contributed by atoms with Crippen LogP contribution in [-0.2, 0) is 6.54 Å². The van der Waals surface area contributed by atoms with Crippen molar-refractivity contribution in [3.05, 3.63) is 45.8 Å². The highest BCUT2D eigenvalue weighted by molar-refractivity contribution is 7.13. The Bertz CT molecular complexity index is 690. The quantitative estimate of drug-likeness (QED) is 0.733. The summed E-state index contributed by atoms with van der Waals surface area (Å²) in [5.41, 5.74) is 0. The Hall–Kier alpha value is -1.50. The zero-order chi connectivity index (χ0) is 14.1. The summed E-state index contributed by atoms with van der Waals surface area (Å²) in [6.07, 6.45) is 1.09. The predicted octanol–water partition coefficient (Wildman–Crippen LogP) is 3.85. The molecule has 21 heavy (non-hydrogen) atoms. The predicted molar refractivity (Wildman–Crippen MR) is 84.6 cm³/mol. The van der Waals surface area contributed by atoms with Crippen molar-refractivity contribution in [1.29, 1.82) is 0 Å². The molecule has 0 bridgehead atoms. The highest BCUT2D eigenvalue weighted by Crippen LogP contribution is 2.30. The number of aromatic nitrogens is 2. The third-order valence-corrected chi connectivity index (χ3v) is 5.49. The summed E-state index contributed by atoms with van der Waals surface area (Å²) < 4.78 is 5.48. The molecular formula is C15H15N3OS2. The van der Waals surface area contributed by atoms with E-state index in [2.05, 4.69) is 32.6 Å². The van der Waals surface area contributed by atoms with E-state index in [0.29, 0.717) is 5.92 Å². The fraction of sp³-hybridized carbons (Fsp3) is 0.333. The molecule has 1 saturated heterocycles. The van der Waals surface area contributed by atoms with Crippen molar-refractivity contribution in [3.8, 4) is 10.7 Å².